The zero-order valence-corrected chi connectivity index (χ0v) is 11.7. The molecule has 1 atom stereocenters. The molecular formula is C12H13BrN2O4. The van der Waals surface area contributed by atoms with Crippen molar-refractivity contribution in [2.24, 2.45) is 5.92 Å². The highest BCUT2D eigenvalue weighted by Crippen LogP contribution is 2.24. The molecule has 6 nitrogen and oxygen atoms in total. The number of likely N-dealkylation sites (tertiary alicyclic amines) is 1. The standard InChI is InChI=1S/C12H13BrN2O4/c13-10-3-9(4-11(5-10)15(18)19)12(17)14-2-1-8(6-14)7-16/h3-5,8,16H,1-2,6-7H2. The number of carbonyl (C=O) groups excluding carboxylic acids is 1. The fourth-order valence-corrected chi connectivity index (χ4v) is 2.63. The number of amides is 1. The average molecular weight is 329 g/mol. The second kappa shape index (κ2) is 5.66. The van der Waals surface area contributed by atoms with E-state index in [1.54, 1.807) is 11.0 Å². The topological polar surface area (TPSA) is 83.7 Å². The van der Waals surface area contributed by atoms with Crippen molar-refractivity contribution in [2.75, 3.05) is 19.7 Å². The van der Waals surface area contributed by atoms with Crippen LogP contribution in [0.15, 0.2) is 22.7 Å². The maximum absolute atomic E-state index is 12.2. The van der Waals surface area contributed by atoms with Crippen molar-refractivity contribution in [2.45, 2.75) is 6.42 Å². The van der Waals surface area contributed by atoms with Crippen LogP contribution in [0.2, 0.25) is 0 Å². The second-order valence-corrected chi connectivity index (χ2v) is 5.46. The Morgan fingerprint density at radius 1 is 1.53 bits per heavy atom. The van der Waals surface area contributed by atoms with Crippen LogP contribution in [0.4, 0.5) is 5.69 Å². The van der Waals surface area contributed by atoms with Gasteiger partial charge in [-0.25, -0.2) is 0 Å². The zero-order valence-electron chi connectivity index (χ0n) is 10.1. The summed E-state index contributed by atoms with van der Waals surface area (Å²) in [7, 11) is 0. The van der Waals surface area contributed by atoms with Crippen molar-refractivity contribution in [3.8, 4) is 0 Å². The number of hydrogen-bond acceptors (Lipinski definition) is 4. The highest BCUT2D eigenvalue weighted by Gasteiger charge is 2.27. The van der Waals surface area contributed by atoms with Crippen LogP contribution in [0.3, 0.4) is 0 Å². The minimum absolute atomic E-state index is 0.0579. The van der Waals surface area contributed by atoms with Gasteiger partial charge in [0, 0.05) is 47.8 Å². The molecule has 1 heterocycles. The summed E-state index contributed by atoms with van der Waals surface area (Å²) in [5.41, 5.74) is 0.176. The minimum Gasteiger partial charge on any atom is -0.396 e. The Kier molecular flexibility index (Phi) is 4.16. The van der Waals surface area contributed by atoms with Crippen LogP contribution in [-0.2, 0) is 0 Å². The predicted molar refractivity (Wildman–Crippen MR) is 71.9 cm³/mol. The van der Waals surface area contributed by atoms with E-state index in [2.05, 4.69) is 15.9 Å². The number of benzene rings is 1. The van der Waals surface area contributed by atoms with Crippen molar-refractivity contribution in [1.82, 2.24) is 4.90 Å². The molecule has 19 heavy (non-hydrogen) atoms. The number of hydrogen-bond donors (Lipinski definition) is 1. The first-order valence-corrected chi connectivity index (χ1v) is 6.65. The monoisotopic (exact) mass is 328 g/mol. The van der Waals surface area contributed by atoms with Gasteiger partial charge in [0.2, 0.25) is 0 Å². The molecule has 0 bridgehead atoms. The first-order chi connectivity index (χ1) is 9.01. The Bertz CT molecular complexity index is 520. The fraction of sp³-hybridized carbons (Fsp3) is 0.417. The first kappa shape index (κ1) is 14.0. The van der Waals surface area contributed by atoms with Gasteiger partial charge >= 0.3 is 0 Å². The lowest BCUT2D eigenvalue weighted by molar-refractivity contribution is -0.385. The van der Waals surface area contributed by atoms with E-state index in [1.165, 1.54) is 12.1 Å². The van der Waals surface area contributed by atoms with Gasteiger partial charge in [0.25, 0.3) is 11.6 Å². The van der Waals surface area contributed by atoms with Gasteiger partial charge in [-0.1, -0.05) is 15.9 Å². The summed E-state index contributed by atoms with van der Waals surface area (Å²) >= 11 is 3.17. The highest BCUT2D eigenvalue weighted by molar-refractivity contribution is 9.10. The molecule has 0 radical (unpaired) electrons. The second-order valence-electron chi connectivity index (χ2n) is 4.54. The van der Waals surface area contributed by atoms with Gasteiger partial charge in [-0.15, -0.1) is 0 Å². The summed E-state index contributed by atoms with van der Waals surface area (Å²) in [5, 5.41) is 19.8. The molecular weight excluding hydrogens is 316 g/mol. The van der Waals surface area contributed by atoms with Crippen molar-refractivity contribution >= 4 is 27.5 Å². The van der Waals surface area contributed by atoms with E-state index in [1.807, 2.05) is 0 Å². The summed E-state index contributed by atoms with van der Waals surface area (Å²) in [5.74, 6) is -0.133. The number of nitro groups is 1. The zero-order chi connectivity index (χ0) is 14.0. The maximum atomic E-state index is 12.2. The van der Waals surface area contributed by atoms with E-state index < -0.39 is 4.92 Å². The molecule has 2 rings (SSSR count). The Morgan fingerprint density at radius 2 is 2.26 bits per heavy atom. The summed E-state index contributed by atoms with van der Waals surface area (Å²) < 4.78 is 0.503. The Hall–Kier alpha value is -1.47. The summed E-state index contributed by atoms with van der Waals surface area (Å²) in [6, 6.07) is 4.21. The van der Waals surface area contributed by atoms with Crippen LogP contribution in [0.1, 0.15) is 16.8 Å². The third-order valence-electron chi connectivity index (χ3n) is 3.17. The third-order valence-corrected chi connectivity index (χ3v) is 3.63. The molecule has 1 aliphatic rings. The summed E-state index contributed by atoms with van der Waals surface area (Å²) in [6.07, 6.45) is 0.762. The molecule has 102 valence electrons. The van der Waals surface area contributed by atoms with Crippen LogP contribution in [-0.4, -0.2) is 40.5 Å². The van der Waals surface area contributed by atoms with Gasteiger partial charge in [-0.2, -0.15) is 0 Å². The first-order valence-electron chi connectivity index (χ1n) is 5.86. The minimum atomic E-state index is -0.526. The predicted octanol–water partition coefficient (Wildman–Crippen LogP) is 1.81. The number of halogens is 1. The van der Waals surface area contributed by atoms with Gasteiger partial charge in [-0.05, 0) is 12.5 Å². The van der Waals surface area contributed by atoms with Gasteiger partial charge in [0.15, 0.2) is 0 Å². The van der Waals surface area contributed by atoms with Crippen LogP contribution in [0, 0.1) is 16.0 Å². The molecule has 1 aromatic carbocycles. The van der Waals surface area contributed by atoms with Gasteiger partial charge < -0.3 is 10.0 Å². The number of aliphatic hydroxyl groups excluding tert-OH is 1. The maximum Gasteiger partial charge on any atom is 0.271 e. The van der Waals surface area contributed by atoms with Crippen LogP contribution >= 0.6 is 15.9 Å². The molecule has 1 unspecified atom stereocenters. The molecule has 1 saturated heterocycles. The Morgan fingerprint density at radius 3 is 2.84 bits per heavy atom. The summed E-state index contributed by atoms with van der Waals surface area (Å²) in [4.78, 5) is 24.1. The normalized spacial score (nSPS) is 18.6. The lowest BCUT2D eigenvalue weighted by Gasteiger charge is -2.16. The van der Waals surface area contributed by atoms with Crippen molar-refractivity contribution < 1.29 is 14.8 Å². The lowest BCUT2D eigenvalue weighted by atomic mass is 10.1. The largest absolute Gasteiger partial charge is 0.396 e. The molecule has 1 amide bonds. The van der Waals surface area contributed by atoms with Crippen molar-refractivity contribution in [3.63, 3.8) is 0 Å². The van der Waals surface area contributed by atoms with E-state index in [0.29, 0.717) is 23.1 Å². The average Bonchev–Trinajstić information content (AvgIpc) is 2.85. The molecule has 0 aliphatic carbocycles. The number of nitrogens with zero attached hydrogens (tertiary/aromatic N) is 2. The molecule has 7 heteroatoms. The fourth-order valence-electron chi connectivity index (χ4n) is 2.15. The molecule has 0 spiro atoms. The van der Waals surface area contributed by atoms with E-state index in [9.17, 15) is 14.9 Å². The van der Waals surface area contributed by atoms with Crippen LogP contribution in [0.5, 0.6) is 0 Å². The lowest BCUT2D eigenvalue weighted by Crippen LogP contribution is -2.29. The van der Waals surface area contributed by atoms with Gasteiger partial charge in [-0.3, -0.25) is 14.9 Å². The number of carbonyl (C=O) groups is 1. The van der Waals surface area contributed by atoms with Crippen LogP contribution < -0.4 is 0 Å². The number of nitro benzene ring substituents is 1. The van der Waals surface area contributed by atoms with Crippen LogP contribution in [0.25, 0.3) is 0 Å². The van der Waals surface area contributed by atoms with E-state index in [4.69, 9.17) is 5.11 Å². The number of non-ortho nitro benzene ring substituents is 1. The smallest absolute Gasteiger partial charge is 0.271 e. The van der Waals surface area contributed by atoms with E-state index >= 15 is 0 Å². The molecule has 1 aromatic rings. The number of rotatable bonds is 3. The molecule has 1 N–H and O–H groups in total. The van der Waals surface area contributed by atoms with Crippen molar-refractivity contribution in [1.29, 1.82) is 0 Å². The SMILES string of the molecule is O=C(c1cc(Br)cc([N+](=O)[O-])c1)N1CCC(CO)C1. The van der Waals surface area contributed by atoms with Crippen molar-refractivity contribution in [3.05, 3.63) is 38.3 Å². The summed E-state index contributed by atoms with van der Waals surface area (Å²) in [6.45, 7) is 1.13. The van der Waals surface area contributed by atoms with E-state index in [-0.39, 0.29) is 24.1 Å². The Labute approximate surface area is 118 Å². The third kappa shape index (κ3) is 3.10. The quantitative estimate of drug-likeness (QED) is 0.677. The molecule has 1 aliphatic heterocycles. The van der Waals surface area contributed by atoms with Gasteiger partial charge in [0.05, 0.1) is 4.92 Å². The van der Waals surface area contributed by atoms with Gasteiger partial charge in [0.1, 0.15) is 0 Å². The molecule has 1 fully saturated rings. The molecule has 0 aromatic heterocycles. The Balaban J connectivity index is 2.22. The van der Waals surface area contributed by atoms with E-state index in [0.717, 1.165) is 6.42 Å². The molecule has 0 saturated carbocycles. The number of aliphatic hydroxyl groups is 1. The highest BCUT2D eigenvalue weighted by atomic mass is 79.9.